The summed E-state index contributed by atoms with van der Waals surface area (Å²) < 4.78 is 0. The van der Waals surface area contributed by atoms with Gasteiger partial charge in [-0.1, -0.05) is 82.0 Å². The predicted molar refractivity (Wildman–Crippen MR) is 86.9 cm³/mol. The lowest BCUT2D eigenvalue weighted by Gasteiger charge is -2.02. The Morgan fingerprint density at radius 2 is 1.50 bits per heavy atom. The summed E-state index contributed by atoms with van der Waals surface area (Å²) in [6, 6.07) is 0. The van der Waals surface area contributed by atoms with E-state index in [1.165, 1.54) is 64.2 Å². The molecule has 0 radical (unpaired) electrons. The Kier molecular flexibility index (Phi) is 15.8. The molecule has 0 aliphatic rings. The maximum Gasteiger partial charge on any atom is 0.0838 e. The largest absolute Gasteiger partial charge is 0.389 e. The van der Waals surface area contributed by atoms with Gasteiger partial charge in [-0.2, -0.15) is 4.91 Å². The maximum absolute atomic E-state index is 9.90. The fourth-order valence-corrected chi connectivity index (χ4v) is 2.28. The number of hydrogen-bond acceptors (Lipinski definition) is 3. The van der Waals surface area contributed by atoms with Crippen molar-refractivity contribution in [1.82, 2.24) is 0 Å². The van der Waals surface area contributed by atoms with Crippen LogP contribution in [0, 0.1) is 4.91 Å². The van der Waals surface area contributed by atoms with Gasteiger partial charge in [0.2, 0.25) is 0 Å². The zero-order chi connectivity index (χ0) is 14.9. The van der Waals surface area contributed by atoms with Crippen molar-refractivity contribution >= 4 is 0 Å². The fraction of sp³-hybridized carbons (Fsp3) is 0.882. The summed E-state index contributed by atoms with van der Waals surface area (Å²) in [5.74, 6) is 0. The van der Waals surface area contributed by atoms with E-state index in [2.05, 4.69) is 12.1 Å². The van der Waals surface area contributed by atoms with Crippen LogP contribution in [0.2, 0.25) is 0 Å². The van der Waals surface area contributed by atoms with E-state index in [1.807, 2.05) is 6.08 Å². The van der Waals surface area contributed by atoms with Gasteiger partial charge in [0.15, 0.2) is 0 Å². The zero-order valence-corrected chi connectivity index (χ0v) is 13.2. The van der Waals surface area contributed by atoms with Gasteiger partial charge in [-0.15, -0.1) is 0 Å². The lowest BCUT2D eigenvalue weighted by atomic mass is 10.1. The number of hydrogen-bond donors (Lipinski definition) is 1. The number of aliphatic hydroxyl groups is 1. The molecule has 0 aromatic heterocycles. The van der Waals surface area contributed by atoms with E-state index in [1.54, 1.807) is 6.08 Å². The lowest BCUT2D eigenvalue weighted by molar-refractivity contribution is 0.215. The minimum Gasteiger partial charge on any atom is -0.389 e. The van der Waals surface area contributed by atoms with Crippen molar-refractivity contribution in [3.63, 3.8) is 0 Å². The van der Waals surface area contributed by atoms with Crippen molar-refractivity contribution in [1.29, 1.82) is 0 Å². The third-order valence-electron chi connectivity index (χ3n) is 3.60. The summed E-state index contributed by atoms with van der Waals surface area (Å²) in [6.45, 7) is 2.45. The van der Waals surface area contributed by atoms with Crippen LogP contribution in [-0.2, 0) is 0 Å². The van der Waals surface area contributed by atoms with Gasteiger partial charge in [0, 0.05) is 0 Å². The van der Waals surface area contributed by atoms with Crippen molar-refractivity contribution in [3.8, 4) is 0 Å². The summed E-state index contributed by atoms with van der Waals surface area (Å²) in [4.78, 5) is 9.90. The number of unbranched alkanes of at least 4 members (excludes halogenated alkanes) is 10. The highest BCUT2D eigenvalue weighted by Crippen LogP contribution is 2.11. The monoisotopic (exact) mass is 283 g/mol. The first kappa shape index (κ1) is 19.3. The lowest BCUT2D eigenvalue weighted by Crippen LogP contribution is -2.03. The quantitative estimate of drug-likeness (QED) is 0.249. The van der Waals surface area contributed by atoms with E-state index in [0.29, 0.717) is 6.42 Å². The number of aliphatic hydroxyl groups excluding tert-OH is 1. The Morgan fingerprint density at radius 1 is 0.950 bits per heavy atom. The van der Waals surface area contributed by atoms with Crippen LogP contribution in [0.3, 0.4) is 0 Å². The smallest absolute Gasteiger partial charge is 0.0838 e. The second-order valence-electron chi connectivity index (χ2n) is 5.61. The molecule has 1 atom stereocenters. The molecule has 3 heteroatoms. The molecule has 0 saturated carbocycles. The van der Waals surface area contributed by atoms with Crippen LogP contribution >= 0.6 is 0 Å². The van der Waals surface area contributed by atoms with Crippen LogP contribution in [0.25, 0.3) is 0 Å². The Bertz CT molecular complexity index is 229. The summed E-state index contributed by atoms with van der Waals surface area (Å²) >= 11 is 0. The van der Waals surface area contributed by atoms with Gasteiger partial charge >= 0.3 is 0 Å². The third kappa shape index (κ3) is 15.4. The molecular weight excluding hydrogens is 250 g/mol. The van der Waals surface area contributed by atoms with Crippen LogP contribution in [0.4, 0.5) is 0 Å². The van der Waals surface area contributed by atoms with E-state index in [4.69, 9.17) is 0 Å². The maximum atomic E-state index is 9.90. The molecule has 0 fully saturated rings. The Labute approximate surface area is 124 Å². The Hall–Kier alpha value is -0.700. The molecule has 0 aliphatic heterocycles. The molecule has 0 amide bonds. The van der Waals surface area contributed by atoms with Gasteiger partial charge in [-0.3, -0.25) is 0 Å². The van der Waals surface area contributed by atoms with Crippen LogP contribution in [-0.4, -0.2) is 17.8 Å². The van der Waals surface area contributed by atoms with Gasteiger partial charge in [-0.05, 0) is 19.3 Å². The van der Waals surface area contributed by atoms with Crippen molar-refractivity contribution in [2.24, 2.45) is 5.18 Å². The third-order valence-corrected chi connectivity index (χ3v) is 3.60. The molecule has 0 spiro atoms. The first-order valence-corrected chi connectivity index (χ1v) is 8.45. The van der Waals surface area contributed by atoms with Crippen LogP contribution in [0.1, 0.15) is 84.0 Å². The van der Waals surface area contributed by atoms with E-state index in [9.17, 15) is 10.0 Å². The van der Waals surface area contributed by atoms with E-state index >= 15 is 0 Å². The summed E-state index contributed by atoms with van der Waals surface area (Å²) in [6.07, 6.45) is 18.3. The van der Waals surface area contributed by atoms with Gasteiger partial charge < -0.3 is 5.11 Å². The topological polar surface area (TPSA) is 49.7 Å². The molecule has 20 heavy (non-hydrogen) atoms. The Morgan fingerprint density at radius 3 is 2.05 bits per heavy atom. The van der Waals surface area contributed by atoms with Crippen LogP contribution < -0.4 is 0 Å². The highest BCUT2D eigenvalue weighted by Gasteiger charge is 1.97. The Balaban J connectivity index is 3.16. The van der Waals surface area contributed by atoms with Crippen molar-refractivity contribution < 1.29 is 5.11 Å². The van der Waals surface area contributed by atoms with Crippen LogP contribution in [0.5, 0.6) is 0 Å². The molecule has 0 saturated heterocycles. The minimum atomic E-state index is -0.504. The normalized spacial score (nSPS) is 12.9. The van der Waals surface area contributed by atoms with Crippen LogP contribution in [0.15, 0.2) is 17.3 Å². The van der Waals surface area contributed by atoms with Crippen molar-refractivity contribution in [3.05, 3.63) is 17.1 Å². The van der Waals surface area contributed by atoms with Gasteiger partial charge in [0.25, 0.3) is 0 Å². The average Bonchev–Trinajstić information content (AvgIpc) is 2.46. The zero-order valence-electron chi connectivity index (χ0n) is 13.2. The number of allylic oxidation sites excluding steroid dienone is 1. The second-order valence-corrected chi connectivity index (χ2v) is 5.61. The van der Waals surface area contributed by atoms with Crippen molar-refractivity contribution in [2.75, 3.05) is 6.54 Å². The average molecular weight is 283 g/mol. The molecule has 3 nitrogen and oxygen atoms in total. The second kappa shape index (κ2) is 16.4. The highest BCUT2D eigenvalue weighted by atomic mass is 16.3. The molecule has 0 aromatic rings. The molecule has 0 unspecified atom stereocenters. The first-order valence-electron chi connectivity index (χ1n) is 8.45. The standard InChI is InChI=1S/C17H33NO2/c1-2-3-4-5-6-7-8-9-10-11-12-13-14-17(19)15-16-18-20/h13-14,17,19H,2-12,15-16H2,1H3/b14-13+/t17-/m1/s1. The summed E-state index contributed by atoms with van der Waals surface area (Å²) in [7, 11) is 0. The molecule has 0 rings (SSSR count). The fourth-order valence-electron chi connectivity index (χ4n) is 2.28. The SMILES string of the molecule is CCCCCCCCCCCC/C=C/[C@@H](O)CCN=O. The molecule has 1 N–H and O–H groups in total. The summed E-state index contributed by atoms with van der Waals surface area (Å²) in [5.41, 5.74) is 0. The van der Waals surface area contributed by atoms with Gasteiger partial charge in [0.05, 0.1) is 12.6 Å². The molecule has 118 valence electrons. The molecule has 0 aromatic carbocycles. The highest BCUT2D eigenvalue weighted by molar-refractivity contribution is 4.88. The number of nitroso groups, excluding NO2 is 1. The predicted octanol–water partition coefficient (Wildman–Crippen LogP) is 5.37. The van der Waals surface area contributed by atoms with E-state index < -0.39 is 6.10 Å². The van der Waals surface area contributed by atoms with Gasteiger partial charge in [-0.25, -0.2) is 0 Å². The molecule has 0 bridgehead atoms. The van der Waals surface area contributed by atoms with Crippen molar-refractivity contribution in [2.45, 2.75) is 90.1 Å². The first-order chi connectivity index (χ1) is 9.81. The van der Waals surface area contributed by atoms with E-state index in [-0.39, 0.29) is 6.54 Å². The van der Waals surface area contributed by atoms with E-state index in [0.717, 1.165) is 6.42 Å². The molecular formula is C17H33NO2. The number of nitrogens with zero attached hydrogens (tertiary/aromatic N) is 1. The molecule has 0 heterocycles. The van der Waals surface area contributed by atoms with Gasteiger partial charge in [0.1, 0.15) is 0 Å². The summed E-state index contributed by atoms with van der Waals surface area (Å²) in [5, 5.41) is 12.2. The minimum absolute atomic E-state index is 0.198. The molecule has 0 aliphatic carbocycles. The number of rotatable bonds is 15.